The molecule has 2 aliphatic heterocycles. The molecule has 2 aromatic rings. The van der Waals surface area contributed by atoms with Gasteiger partial charge in [0, 0.05) is 25.5 Å². The zero-order chi connectivity index (χ0) is 16.9. The summed E-state index contributed by atoms with van der Waals surface area (Å²) >= 11 is 1.78. The number of nitrogens with zero attached hydrogens (tertiary/aromatic N) is 4. The molecule has 2 aromatic heterocycles. The van der Waals surface area contributed by atoms with Crippen molar-refractivity contribution in [3.63, 3.8) is 0 Å². The molecule has 0 radical (unpaired) electrons. The van der Waals surface area contributed by atoms with E-state index in [-0.39, 0.29) is 10.5 Å². The van der Waals surface area contributed by atoms with Crippen molar-refractivity contribution in [2.75, 3.05) is 26.2 Å². The fourth-order valence-electron chi connectivity index (χ4n) is 2.93. The van der Waals surface area contributed by atoms with Crippen molar-refractivity contribution in [1.82, 2.24) is 20.6 Å². The number of pyridine rings is 2. The molecule has 4 rings (SSSR count). The van der Waals surface area contributed by atoms with Crippen molar-refractivity contribution in [2.45, 2.75) is 10.5 Å². The van der Waals surface area contributed by atoms with Gasteiger partial charge in [-0.25, -0.2) is 0 Å². The van der Waals surface area contributed by atoms with Gasteiger partial charge in [0.15, 0.2) is 0 Å². The van der Waals surface area contributed by atoms with Gasteiger partial charge in [-0.3, -0.25) is 20.0 Å². The normalized spacial score (nSPS) is 18.7. The molecule has 7 heteroatoms. The highest BCUT2D eigenvalue weighted by atomic mass is 32.2. The van der Waals surface area contributed by atoms with E-state index in [4.69, 9.17) is 0 Å². The van der Waals surface area contributed by atoms with Gasteiger partial charge in [-0.15, -0.1) is 11.8 Å². The highest BCUT2D eigenvalue weighted by Crippen LogP contribution is 2.41. The van der Waals surface area contributed by atoms with Gasteiger partial charge >= 0.3 is 0 Å². The summed E-state index contributed by atoms with van der Waals surface area (Å²) in [6.45, 7) is 3.39. The topological polar surface area (TPSA) is 74.6 Å². The second-order valence-electron chi connectivity index (χ2n) is 5.79. The molecule has 0 saturated carbocycles. The number of rotatable bonds is 6. The van der Waals surface area contributed by atoms with Gasteiger partial charge in [-0.2, -0.15) is 0 Å². The van der Waals surface area contributed by atoms with Crippen molar-refractivity contribution < 1.29 is 0 Å². The number of amidine groups is 2. The lowest BCUT2D eigenvalue weighted by atomic mass is 10.2. The molecule has 25 heavy (non-hydrogen) atoms. The van der Waals surface area contributed by atoms with E-state index in [1.54, 1.807) is 11.8 Å². The van der Waals surface area contributed by atoms with Gasteiger partial charge in [0.1, 0.15) is 22.2 Å². The summed E-state index contributed by atoms with van der Waals surface area (Å²) in [5, 5.41) is 6.88. The zero-order valence-electron chi connectivity index (χ0n) is 13.8. The Morgan fingerprint density at radius 3 is 1.64 bits per heavy atom. The fourth-order valence-corrected chi connectivity index (χ4v) is 4.33. The molecule has 0 spiro atoms. The third-order valence-corrected chi connectivity index (χ3v) is 5.56. The Morgan fingerprint density at radius 2 is 1.28 bits per heavy atom. The molecule has 2 unspecified atom stereocenters. The zero-order valence-corrected chi connectivity index (χ0v) is 14.6. The van der Waals surface area contributed by atoms with Gasteiger partial charge in [0.2, 0.25) is 0 Å². The van der Waals surface area contributed by atoms with E-state index < -0.39 is 0 Å². The second kappa shape index (κ2) is 7.65. The highest BCUT2D eigenvalue weighted by Gasteiger charge is 2.31. The summed E-state index contributed by atoms with van der Waals surface area (Å²) < 4.78 is 0. The lowest BCUT2D eigenvalue weighted by molar-refractivity contribution is 0.941. The molecule has 2 aliphatic rings. The molecule has 0 amide bonds. The average molecular weight is 352 g/mol. The quantitative estimate of drug-likeness (QED) is 0.832. The first kappa shape index (κ1) is 16.1. The van der Waals surface area contributed by atoms with Crippen molar-refractivity contribution >= 4 is 23.4 Å². The average Bonchev–Trinajstić information content (AvgIpc) is 3.38. The maximum absolute atomic E-state index is 4.65. The third-order valence-electron chi connectivity index (χ3n) is 4.08. The molecule has 6 nitrogen and oxygen atoms in total. The van der Waals surface area contributed by atoms with Gasteiger partial charge in [0.25, 0.3) is 0 Å². The van der Waals surface area contributed by atoms with E-state index in [1.807, 2.05) is 36.7 Å². The minimum atomic E-state index is 0.0285. The van der Waals surface area contributed by atoms with E-state index in [0.29, 0.717) is 0 Å². The molecule has 0 bridgehead atoms. The van der Waals surface area contributed by atoms with E-state index >= 15 is 0 Å². The number of aliphatic imine (C=N–C) groups is 2. The van der Waals surface area contributed by atoms with Crippen LogP contribution in [0, 0.1) is 0 Å². The van der Waals surface area contributed by atoms with Crippen LogP contribution in [0.25, 0.3) is 0 Å². The second-order valence-corrected chi connectivity index (χ2v) is 7.01. The predicted molar refractivity (Wildman–Crippen MR) is 102 cm³/mol. The summed E-state index contributed by atoms with van der Waals surface area (Å²) in [6.07, 6.45) is 3.67. The van der Waals surface area contributed by atoms with E-state index in [9.17, 15) is 0 Å². The Labute approximate surface area is 151 Å². The third kappa shape index (κ3) is 3.66. The molecular formula is C18H20N6S. The lowest BCUT2D eigenvalue weighted by Gasteiger charge is -2.23. The number of nitrogens with one attached hydrogen (secondary N) is 2. The molecule has 128 valence electrons. The Bertz CT molecular complexity index is 696. The van der Waals surface area contributed by atoms with Gasteiger partial charge < -0.3 is 10.6 Å². The number of aromatic nitrogens is 2. The van der Waals surface area contributed by atoms with Crippen LogP contribution in [0.5, 0.6) is 0 Å². The Hall–Kier alpha value is -2.41. The van der Waals surface area contributed by atoms with Crippen molar-refractivity contribution in [3.05, 3.63) is 60.2 Å². The summed E-state index contributed by atoms with van der Waals surface area (Å²) in [5.41, 5.74) is 2.00. The van der Waals surface area contributed by atoms with Crippen LogP contribution in [-0.2, 0) is 0 Å². The first-order chi connectivity index (χ1) is 12.4. The van der Waals surface area contributed by atoms with E-state index in [1.165, 1.54) is 0 Å². The molecule has 2 atom stereocenters. The minimum absolute atomic E-state index is 0.0285. The van der Waals surface area contributed by atoms with Crippen molar-refractivity contribution in [3.8, 4) is 0 Å². The highest BCUT2D eigenvalue weighted by molar-refractivity contribution is 8.01. The van der Waals surface area contributed by atoms with Gasteiger partial charge in [-0.05, 0) is 24.3 Å². The molecular weight excluding hydrogens is 332 g/mol. The monoisotopic (exact) mass is 352 g/mol. The van der Waals surface area contributed by atoms with Crippen molar-refractivity contribution in [1.29, 1.82) is 0 Å². The standard InChI is InChI=1S/C18H20N6S/c1-3-7-19-13(5-1)15(17-21-9-10-22-17)25-16(18-23-11-12-24-18)14-6-2-4-8-20-14/h1-8,15-16H,9-12H2,(H,21,22)(H,23,24). The van der Waals surface area contributed by atoms with Crippen LogP contribution in [0.15, 0.2) is 58.8 Å². The van der Waals surface area contributed by atoms with Gasteiger partial charge in [0.05, 0.1) is 24.5 Å². The Morgan fingerprint density at radius 1 is 0.760 bits per heavy atom. The van der Waals surface area contributed by atoms with Crippen LogP contribution in [0.2, 0.25) is 0 Å². The molecule has 0 fully saturated rings. The Balaban J connectivity index is 1.68. The number of thioether (sulfide) groups is 1. The van der Waals surface area contributed by atoms with E-state index in [2.05, 4.69) is 42.7 Å². The van der Waals surface area contributed by atoms with Crippen molar-refractivity contribution in [2.24, 2.45) is 9.98 Å². The molecule has 0 aromatic carbocycles. The molecule has 4 heterocycles. The fraction of sp³-hybridized carbons (Fsp3) is 0.333. The van der Waals surface area contributed by atoms with Crippen LogP contribution in [0.3, 0.4) is 0 Å². The Kier molecular flexibility index (Phi) is 4.92. The SMILES string of the molecule is c1ccc(C(SC(C2=NCCN2)c2ccccn2)C2=NCCN2)nc1. The van der Waals surface area contributed by atoms with Crippen LogP contribution < -0.4 is 10.6 Å². The molecule has 2 N–H and O–H groups in total. The summed E-state index contributed by atoms with van der Waals surface area (Å²) in [4.78, 5) is 18.4. The van der Waals surface area contributed by atoms with Gasteiger partial charge in [-0.1, -0.05) is 12.1 Å². The smallest absolute Gasteiger partial charge is 0.116 e. The van der Waals surface area contributed by atoms with Crippen LogP contribution in [0.1, 0.15) is 21.9 Å². The number of hydrogen-bond acceptors (Lipinski definition) is 7. The van der Waals surface area contributed by atoms with Crippen LogP contribution >= 0.6 is 11.8 Å². The van der Waals surface area contributed by atoms with Crippen LogP contribution in [0.4, 0.5) is 0 Å². The van der Waals surface area contributed by atoms with E-state index in [0.717, 1.165) is 49.2 Å². The van der Waals surface area contributed by atoms with Crippen LogP contribution in [-0.4, -0.2) is 47.8 Å². The summed E-state index contributed by atoms with van der Waals surface area (Å²) in [6, 6.07) is 12.0. The number of hydrogen-bond donors (Lipinski definition) is 2. The largest absolute Gasteiger partial charge is 0.371 e. The lowest BCUT2D eigenvalue weighted by Crippen LogP contribution is -2.29. The molecule has 0 aliphatic carbocycles. The maximum atomic E-state index is 4.65. The maximum Gasteiger partial charge on any atom is 0.116 e. The summed E-state index contributed by atoms with van der Waals surface area (Å²) in [7, 11) is 0. The molecule has 0 saturated heterocycles. The first-order valence-corrected chi connectivity index (χ1v) is 9.40. The first-order valence-electron chi connectivity index (χ1n) is 8.45. The predicted octanol–water partition coefficient (Wildman–Crippen LogP) is 2.00. The summed E-state index contributed by atoms with van der Waals surface area (Å²) in [5.74, 6) is 1.98. The minimum Gasteiger partial charge on any atom is -0.371 e.